The molecule has 21 heavy (non-hydrogen) atoms. The fourth-order valence-electron chi connectivity index (χ4n) is 3.50. The average Bonchev–Trinajstić information content (AvgIpc) is 2.95. The average molecular weight is 290 g/mol. The zero-order chi connectivity index (χ0) is 14.7. The summed E-state index contributed by atoms with van der Waals surface area (Å²) in [6, 6.07) is 6.61. The van der Waals surface area contributed by atoms with Crippen molar-refractivity contribution in [3.05, 3.63) is 35.6 Å². The predicted octanol–water partition coefficient (Wildman–Crippen LogP) is 2.57. The molecule has 0 spiro atoms. The van der Waals surface area contributed by atoms with Crippen LogP contribution in [0.15, 0.2) is 24.3 Å². The predicted molar refractivity (Wildman–Crippen MR) is 81.0 cm³/mol. The summed E-state index contributed by atoms with van der Waals surface area (Å²) in [6.07, 6.45) is 4.10. The van der Waals surface area contributed by atoms with Gasteiger partial charge in [-0.05, 0) is 56.6 Å². The lowest BCUT2D eigenvalue weighted by Crippen LogP contribution is -2.50. The maximum Gasteiger partial charge on any atom is 0.162 e. The van der Waals surface area contributed by atoms with Crippen molar-refractivity contribution in [2.75, 3.05) is 32.7 Å². The fraction of sp³-hybridized carbons (Fsp3) is 0.588. The number of benzene rings is 1. The van der Waals surface area contributed by atoms with E-state index in [9.17, 15) is 9.18 Å². The number of piperazine rings is 1. The lowest BCUT2D eigenvalue weighted by molar-refractivity contribution is 0.0927. The van der Waals surface area contributed by atoms with Gasteiger partial charge in [0.05, 0.1) is 0 Å². The molecule has 0 aliphatic carbocycles. The minimum absolute atomic E-state index is 0.120. The number of ketones is 1. The molecule has 2 heterocycles. The highest BCUT2D eigenvalue weighted by Gasteiger charge is 2.30. The summed E-state index contributed by atoms with van der Waals surface area (Å²) in [7, 11) is 0. The first-order valence-electron chi connectivity index (χ1n) is 7.97. The van der Waals surface area contributed by atoms with E-state index < -0.39 is 0 Å². The van der Waals surface area contributed by atoms with Gasteiger partial charge in [0, 0.05) is 37.7 Å². The second-order valence-corrected chi connectivity index (χ2v) is 6.17. The molecule has 0 radical (unpaired) electrons. The normalized spacial score (nSPS) is 23.2. The van der Waals surface area contributed by atoms with E-state index in [0.717, 1.165) is 32.1 Å². The Bertz CT molecular complexity index is 488. The van der Waals surface area contributed by atoms with Crippen molar-refractivity contribution in [3.63, 3.8) is 0 Å². The molecule has 1 aromatic carbocycles. The first-order chi connectivity index (χ1) is 10.2. The summed E-state index contributed by atoms with van der Waals surface area (Å²) < 4.78 is 12.8. The Morgan fingerprint density at radius 1 is 1.19 bits per heavy atom. The van der Waals surface area contributed by atoms with Crippen LogP contribution in [0.5, 0.6) is 0 Å². The van der Waals surface area contributed by atoms with Crippen LogP contribution in [-0.4, -0.2) is 54.3 Å². The molecule has 0 unspecified atom stereocenters. The number of nitrogens with zero attached hydrogens (tertiary/aromatic N) is 2. The highest BCUT2D eigenvalue weighted by molar-refractivity contribution is 5.95. The number of halogens is 1. The van der Waals surface area contributed by atoms with Crippen molar-refractivity contribution < 1.29 is 9.18 Å². The molecule has 1 atom stereocenters. The summed E-state index contributed by atoms with van der Waals surface area (Å²) in [5.41, 5.74) is 0.622. The molecule has 2 aliphatic rings. The topological polar surface area (TPSA) is 23.6 Å². The Morgan fingerprint density at radius 3 is 2.81 bits per heavy atom. The van der Waals surface area contributed by atoms with Gasteiger partial charge >= 0.3 is 0 Å². The molecule has 0 aromatic heterocycles. The Morgan fingerprint density at radius 2 is 2.00 bits per heavy atom. The van der Waals surface area contributed by atoms with Gasteiger partial charge in [0.15, 0.2) is 5.78 Å². The number of fused-ring (bicyclic) bond motifs is 1. The number of rotatable bonds is 5. The number of Topliss-reactive ketones (excluding diaryl/α,β-unsaturated/α-hetero) is 1. The van der Waals surface area contributed by atoms with E-state index in [1.165, 1.54) is 38.1 Å². The number of hydrogen-bond donors (Lipinski definition) is 0. The van der Waals surface area contributed by atoms with Crippen LogP contribution in [-0.2, 0) is 0 Å². The maximum absolute atomic E-state index is 12.8. The highest BCUT2D eigenvalue weighted by atomic mass is 19.1. The van der Waals surface area contributed by atoms with Crippen molar-refractivity contribution in [1.82, 2.24) is 9.80 Å². The Hall–Kier alpha value is -1.26. The van der Waals surface area contributed by atoms with Crippen LogP contribution in [0.3, 0.4) is 0 Å². The quantitative estimate of drug-likeness (QED) is 0.779. The molecule has 0 amide bonds. The van der Waals surface area contributed by atoms with Gasteiger partial charge in [-0.15, -0.1) is 0 Å². The van der Waals surface area contributed by atoms with Crippen LogP contribution in [0, 0.1) is 5.82 Å². The molecule has 2 saturated heterocycles. The van der Waals surface area contributed by atoms with E-state index in [1.54, 1.807) is 12.1 Å². The van der Waals surface area contributed by atoms with Crippen molar-refractivity contribution in [1.29, 1.82) is 0 Å². The summed E-state index contributed by atoms with van der Waals surface area (Å²) in [5.74, 6) is -0.171. The lowest BCUT2D eigenvalue weighted by Gasteiger charge is -2.37. The Kier molecular flexibility index (Phi) is 4.66. The van der Waals surface area contributed by atoms with Crippen LogP contribution < -0.4 is 0 Å². The third-order valence-corrected chi connectivity index (χ3v) is 4.72. The zero-order valence-corrected chi connectivity index (χ0v) is 12.4. The van der Waals surface area contributed by atoms with Gasteiger partial charge < -0.3 is 4.90 Å². The second kappa shape index (κ2) is 6.67. The third kappa shape index (κ3) is 3.69. The van der Waals surface area contributed by atoms with E-state index in [0.29, 0.717) is 12.0 Å². The van der Waals surface area contributed by atoms with Crippen molar-refractivity contribution in [3.8, 4) is 0 Å². The van der Waals surface area contributed by atoms with Gasteiger partial charge in [-0.3, -0.25) is 9.69 Å². The highest BCUT2D eigenvalue weighted by Crippen LogP contribution is 2.21. The Balaban J connectivity index is 1.41. The second-order valence-electron chi connectivity index (χ2n) is 6.17. The minimum atomic E-state index is -0.291. The smallest absolute Gasteiger partial charge is 0.162 e. The first-order valence-corrected chi connectivity index (χ1v) is 7.97. The van der Waals surface area contributed by atoms with Gasteiger partial charge in [-0.2, -0.15) is 0 Å². The fourth-order valence-corrected chi connectivity index (χ4v) is 3.50. The third-order valence-electron chi connectivity index (χ3n) is 4.72. The zero-order valence-electron chi connectivity index (χ0n) is 12.4. The molecule has 2 aliphatic heterocycles. The molecule has 0 N–H and O–H groups in total. The molecule has 0 saturated carbocycles. The Labute approximate surface area is 125 Å². The number of hydrogen-bond acceptors (Lipinski definition) is 3. The molecule has 3 nitrogen and oxygen atoms in total. The van der Waals surface area contributed by atoms with Crippen LogP contribution in [0.25, 0.3) is 0 Å². The van der Waals surface area contributed by atoms with E-state index in [2.05, 4.69) is 9.80 Å². The van der Waals surface area contributed by atoms with Crippen LogP contribution in [0.2, 0.25) is 0 Å². The van der Waals surface area contributed by atoms with E-state index in [4.69, 9.17) is 0 Å². The molecule has 1 aromatic rings. The largest absolute Gasteiger partial charge is 0.300 e. The number of carbonyl (C=O) groups is 1. The SMILES string of the molecule is O=C(CCCN1CCN2CCC[C@@H]2C1)c1ccc(F)cc1. The van der Waals surface area contributed by atoms with E-state index >= 15 is 0 Å². The summed E-state index contributed by atoms with van der Waals surface area (Å²) in [6.45, 7) is 5.72. The monoisotopic (exact) mass is 290 g/mol. The van der Waals surface area contributed by atoms with Crippen molar-refractivity contribution >= 4 is 5.78 Å². The summed E-state index contributed by atoms with van der Waals surface area (Å²) >= 11 is 0. The summed E-state index contributed by atoms with van der Waals surface area (Å²) in [5, 5.41) is 0. The van der Waals surface area contributed by atoms with E-state index in [1.807, 2.05) is 0 Å². The molecule has 4 heteroatoms. The van der Waals surface area contributed by atoms with Gasteiger partial charge in [0.25, 0.3) is 0 Å². The van der Waals surface area contributed by atoms with Crippen LogP contribution >= 0.6 is 0 Å². The molecular weight excluding hydrogens is 267 g/mol. The first kappa shape index (κ1) is 14.7. The van der Waals surface area contributed by atoms with E-state index in [-0.39, 0.29) is 11.6 Å². The van der Waals surface area contributed by atoms with Gasteiger partial charge in [-0.25, -0.2) is 4.39 Å². The van der Waals surface area contributed by atoms with Gasteiger partial charge in [0.1, 0.15) is 5.82 Å². The van der Waals surface area contributed by atoms with Crippen molar-refractivity contribution in [2.45, 2.75) is 31.7 Å². The van der Waals surface area contributed by atoms with Crippen LogP contribution in [0.1, 0.15) is 36.0 Å². The molecule has 114 valence electrons. The van der Waals surface area contributed by atoms with Gasteiger partial charge in [-0.1, -0.05) is 0 Å². The van der Waals surface area contributed by atoms with Crippen LogP contribution in [0.4, 0.5) is 4.39 Å². The van der Waals surface area contributed by atoms with Crippen molar-refractivity contribution in [2.24, 2.45) is 0 Å². The van der Waals surface area contributed by atoms with Gasteiger partial charge in [0.2, 0.25) is 0 Å². The minimum Gasteiger partial charge on any atom is -0.300 e. The molecule has 3 rings (SSSR count). The standard InChI is InChI=1S/C17H23FN2O/c18-15-7-5-14(6-8-15)17(21)4-2-9-19-11-12-20-10-1-3-16(20)13-19/h5-8,16H,1-4,9-13H2/t16-/m1/s1. The molecular formula is C17H23FN2O. The molecule has 0 bridgehead atoms. The number of carbonyl (C=O) groups excluding carboxylic acids is 1. The lowest BCUT2D eigenvalue weighted by atomic mass is 10.1. The summed E-state index contributed by atoms with van der Waals surface area (Å²) in [4.78, 5) is 17.1. The maximum atomic E-state index is 12.8. The molecule has 2 fully saturated rings.